The Morgan fingerprint density at radius 1 is 0.818 bits per heavy atom. The van der Waals surface area contributed by atoms with Crippen LogP contribution in [-0.4, -0.2) is 4.98 Å². The Hall–Kier alpha value is -1.50. The monoisotopic (exact) mass is 141 g/mol. The highest BCUT2D eigenvalue weighted by atomic mass is 14.7. The number of H-pyrrole nitrogens is 1. The molecule has 2 aromatic rings. The van der Waals surface area contributed by atoms with Gasteiger partial charge in [-0.1, -0.05) is 24.3 Å². The van der Waals surface area contributed by atoms with Crippen molar-refractivity contribution in [2.45, 2.75) is 0 Å². The van der Waals surface area contributed by atoms with Crippen LogP contribution in [0.1, 0.15) is 0 Å². The molecule has 1 N–H and O–H groups in total. The van der Waals surface area contributed by atoms with Crippen LogP contribution in [0, 0.1) is 0 Å². The van der Waals surface area contributed by atoms with Crippen LogP contribution in [0.2, 0.25) is 0 Å². The van der Waals surface area contributed by atoms with Gasteiger partial charge in [-0.25, -0.2) is 0 Å². The third-order valence-corrected chi connectivity index (χ3v) is 2.23. The number of benzene rings is 1. The van der Waals surface area contributed by atoms with Crippen LogP contribution in [0.5, 0.6) is 0 Å². The maximum Gasteiger partial charge on any atom is 0.0540 e. The number of fused-ring (bicyclic) bond motifs is 4. The normalized spacial score (nSPS) is 11.6. The van der Waals surface area contributed by atoms with Crippen molar-refractivity contribution in [3.63, 3.8) is 0 Å². The molecule has 1 aliphatic rings. The minimum Gasteiger partial charge on any atom is -0.361 e. The summed E-state index contributed by atoms with van der Waals surface area (Å²) in [5, 5.41) is 0. The Kier molecular flexibility index (Phi) is 0.737. The smallest absolute Gasteiger partial charge is 0.0540 e. The Morgan fingerprint density at radius 3 is 2.55 bits per heavy atom. The van der Waals surface area contributed by atoms with Crippen molar-refractivity contribution in [1.82, 2.24) is 4.98 Å². The maximum atomic E-state index is 3.21. The molecule has 1 aromatic carbocycles. The third kappa shape index (κ3) is 0.475. The van der Waals surface area contributed by atoms with Crippen molar-refractivity contribution in [2.75, 3.05) is 0 Å². The van der Waals surface area contributed by atoms with Crippen LogP contribution >= 0.6 is 0 Å². The van der Waals surface area contributed by atoms with Crippen molar-refractivity contribution in [3.8, 4) is 22.4 Å². The average molecular weight is 141 g/mol. The molecule has 1 aliphatic carbocycles. The van der Waals surface area contributed by atoms with Gasteiger partial charge in [0.15, 0.2) is 0 Å². The van der Waals surface area contributed by atoms with E-state index in [2.05, 4.69) is 35.3 Å². The lowest BCUT2D eigenvalue weighted by Gasteiger charge is -2.18. The maximum absolute atomic E-state index is 3.21. The van der Waals surface area contributed by atoms with Gasteiger partial charge in [0.05, 0.1) is 5.69 Å². The molecule has 0 saturated carbocycles. The predicted molar refractivity (Wildman–Crippen MR) is 45.2 cm³/mol. The Morgan fingerprint density at radius 2 is 1.64 bits per heavy atom. The predicted octanol–water partition coefficient (Wildman–Crippen LogP) is 2.66. The van der Waals surface area contributed by atoms with E-state index in [-0.39, 0.29) is 0 Å². The van der Waals surface area contributed by atoms with E-state index in [0.29, 0.717) is 0 Å². The molecule has 0 radical (unpaired) electrons. The van der Waals surface area contributed by atoms with E-state index in [9.17, 15) is 0 Å². The highest BCUT2D eigenvalue weighted by Gasteiger charge is 2.21. The summed E-state index contributed by atoms with van der Waals surface area (Å²) in [5.74, 6) is 0. The molecule has 0 bridgehead atoms. The highest BCUT2D eigenvalue weighted by Crippen LogP contribution is 2.45. The van der Waals surface area contributed by atoms with Gasteiger partial charge in [-0.2, -0.15) is 0 Å². The summed E-state index contributed by atoms with van der Waals surface area (Å²) in [6.45, 7) is 0. The first kappa shape index (κ1) is 5.19. The SMILES string of the molecule is c1ccc2c(c1)-c1cc[nH]c1-2. The standard InChI is InChI=1S/C10H7N/c1-2-4-8-7(3-1)9-5-6-11-10(8)9/h1-6,11H. The fraction of sp³-hybridized carbons (Fsp3) is 0. The summed E-state index contributed by atoms with van der Waals surface area (Å²) >= 11 is 0. The largest absolute Gasteiger partial charge is 0.361 e. The first-order valence-electron chi connectivity index (χ1n) is 3.74. The highest BCUT2D eigenvalue weighted by molar-refractivity contribution is 6.00. The van der Waals surface area contributed by atoms with Crippen molar-refractivity contribution in [1.29, 1.82) is 0 Å². The first-order chi connectivity index (χ1) is 5.47. The molecule has 0 saturated heterocycles. The van der Waals surface area contributed by atoms with Crippen LogP contribution in [0.4, 0.5) is 0 Å². The minimum absolute atomic E-state index is 1.29. The Bertz CT molecular complexity index is 375. The van der Waals surface area contributed by atoms with Crippen molar-refractivity contribution in [2.24, 2.45) is 0 Å². The van der Waals surface area contributed by atoms with Crippen LogP contribution in [0.25, 0.3) is 22.4 Å². The second-order valence-electron chi connectivity index (χ2n) is 2.81. The molecule has 0 aliphatic heterocycles. The van der Waals surface area contributed by atoms with Gasteiger partial charge in [0, 0.05) is 17.3 Å². The van der Waals surface area contributed by atoms with Crippen molar-refractivity contribution < 1.29 is 0 Å². The summed E-state index contributed by atoms with van der Waals surface area (Å²) in [6.07, 6.45) is 1.99. The van der Waals surface area contributed by atoms with Crippen molar-refractivity contribution in [3.05, 3.63) is 36.5 Å². The molecule has 1 aromatic heterocycles. The summed E-state index contributed by atoms with van der Waals surface area (Å²) in [5.41, 5.74) is 5.39. The molecular weight excluding hydrogens is 134 g/mol. The number of aromatic nitrogens is 1. The molecule has 52 valence electrons. The second kappa shape index (κ2) is 1.56. The topological polar surface area (TPSA) is 15.8 Å². The summed E-state index contributed by atoms with van der Waals surface area (Å²) in [6, 6.07) is 10.6. The quantitative estimate of drug-likeness (QED) is 0.495. The van der Waals surface area contributed by atoms with Crippen molar-refractivity contribution >= 4 is 0 Å². The van der Waals surface area contributed by atoms with Gasteiger partial charge < -0.3 is 4.98 Å². The number of hydrogen-bond acceptors (Lipinski definition) is 0. The van der Waals surface area contributed by atoms with Gasteiger partial charge in [0.25, 0.3) is 0 Å². The molecule has 0 fully saturated rings. The third-order valence-electron chi connectivity index (χ3n) is 2.23. The lowest BCUT2D eigenvalue weighted by atomic mass is 9.87. The van der Waals surface area contributed by atoms with E-state index in [1.54, 1.807) is 0 Å². The average Bonchev–Trinajstić information content (AvgIpc) is 2.44. The van der Waals surface area contributed by atoms with E-state index in [0.717, 1.165) is 0 Å². The molecule has 3 rings (SSSR count). The van der Waals surface area contributed by atoms with E-state index < -0.39 is 0 Å². The lowest BCUT2D eigenvalue weighted by molar-refractivity contribution is 1.38. The van der Waals surface area contributed by atoms with Gasteiger partial charge in [-0.15, -0.1) is 0 Å². The fourth-order valence-electron chi connectivity index (χ4n) is 1.69. The van der Waals surface area contributed by atoms with Gasteiger partial charge in [0.2, 0.25) is 0 Å². The molecule has 1 nitrogen and oxygen atoms in total. The zero-order valence-electron chi connectivity index (χ0n) is 5.96. The fourth-order valence-corrected chi connectivity index (χ4v) is 1.69. The summed E-state index contributed by atoms with van der Waals surface area (Å²) in [4.78, 5) is 3.21. The molecule has 0 atom stereocenters. The zero-order valence-corrected chi connectivity index (χ0v) is 5.96. The molecule has 1 heterocycles. The van der Waals surface area contributed by atoms with E-state index >= 15 is 0 Å². The van der Waals surface area contributed by atoms with Gasteiger partial charge in [-0.05, 0) is 11.6 Å². The molecule has 11 heavy (non-hydrogen) atoms. The van der Waals surface area contributed by atoms with Crippen LogP contribution in [0.15, 0.2) is 36.5 Å². The second-order valence-corrected chi connectivity index (χ2v) is 2.81. The molecular formula is C10H7N. The molecule has 0 unspecified atom stereocenters. The van der Waals surface area contributed by atoms with E-state index in [1.165, 1.54) is 22.4 Å². The molecule has 1 heteroatoms. The Labute approximate surface area is 64.7 Å². The zero-order chi connectivity index (χ0) is 7.26. The molecule has 0 amide bonds. The number of nitrogens with one attached hydrogen (secondary N) is 1. The van der Waals surface area contributed by atoms with Crippen LogP contribution in [0.3, 0.4) is 0 Å². The lowest BCUT2D eigenvalue weighted by Crippen LogP contribution is -1.94. The van der Waals surface area contributed by atoms with E-state index in [1.807, 2.05) is 6.20 Å². The number of aromatic amines is 1. The number of rotatable bonds is 0. The van der Waals surface area contributed by atoms with E-state index in [4.69, 9.17) is 0 Å². The van der Waals surface area contributed by atoms with Crippen LogP contribution in [-0.2, 0) is 0 Å². The van der Waals surface area contributed by atoms with Gasteiger partial charge in [0.1, 0.15) is 0 Å². The van der Waals surface area contributed by atoms with Crippen LogP contribution < -0.4 is 0 Å². The van der Waals surface area contributed by atoms with Gasteiger partial charge >= 0.3 is 0 Å². The van der Waals surface area contributed by atoms with Gasteiger partial charge in [-0.3, -0.25) is 0 Å². The molecule has 0 spiro atoms. The summed E-state index contributed by atoms with van der Waals surface area (Å²) < 4.78 is 0. The minimum atomic E-state index is 1.29. The first-order valence-corrected chi connectivity index (χ1v) is 3.74. The Balaban J connectivity index is 2.38. The number of hydrogen-bond donors (Lipinski definition) is 1. The summed E-state index contributed by atoms with van der Waals surface area (Å²) in [7, 11) is 0.